The number of aryl methyl sites for hydroxylation is 1. The average molecular weight is 296 g/mol. The van der Waals surface area contributed by atoms with Crippen molar-refractivity contribution in [2.45, 2.75) is 33.0 Å². The second-order valence-electron chi connectivity index (χ2n) is 5.13. The Morgan fingerprint density at radius 3 is 2.75 bits per heavy atom. The number of hydrogen-bond donors (Lipinski definition) is 2. The molecule has 1 aliphatic rings. The van der Waals surface area contributed by atoms with E-state index >= 15 is 0 Å². The molecule has 6 nitrogen and oxygen atoms in total. The van der Waals surface area contributed by atoms with E-state index in [1.165, 1.54) is 0 Å². The summed E-state index contributed by atoms with van der Waals surface area (Å²) in [4.78, 5) is 2.35. The van der Waals surface area contributed by atoms with Gasteiger partial charge in [0, 0.05) is 13.1 Å². The van der Waals surface area contributed by atoms with Crippen molar-refractivity contribution >= 4 is 23.0 Å². The van der Waals surface area contributed by atoms with Gasteiger partial charge in [0.1, 0.15) is 4.99 Å². The molecule has 1 saturated heterocycles. The molecule has 3 N–H and O–H groups in total. The van der Waals surface area contributed by atoms with Crippen LogP contribution in [-0.2, 0) is 4.74 Å². The van der Waals surface area contributed by atoms with E-state index in [0.717, 1.165) is 16.8 Å². The topological polar surface area (TPSA) is 84.5 Å². The van der Waals surface area contributed by atoms with Gasteiger partial charge in [-0.2, -0.15) is 5.10 Å². The first kappa shape index (κ1) is 15.1. The van der Waals surface area contributed by atoms with Crippen LogP contribution in [0.4, 0.5) is 5.82 Å². The van der Waals surface area contributed by atoms with Gasteiger partial charge in [-0.1, -0.05) is 12.2 Å². The Morgan fingerprint density at radius 1 is 1.45 bits per heavy atom. The fraction of sp³-hybridized carbons (Fsp3) is 0.615. The second-order valence-corrected chi connectivity index (χ2v) is 5.57. The summed E-state index contributed by atoms with van der Waals surface area (Å²) in [5, 5.41) is 17.7. The van der Waals surface area contributed by atoms with E-state index in [-0.39, 0.29) is 18.8 Å². The van der Waals surface area contributed by atoms with E-state index in [9.17, 15) is 5.11 Å². The van der Waals surface area contributed by atoms with Crippen LogP contribution in [0.2, 0.25) is 0 Å². The van der Waals surface area contributed by atoms with Crippen LogP contribution in [0.15, 0.2) is 0 Å². The first-order chi connectivity index (χ1) is 9.43. The Bertz CT molecular complexity index is 523. The number of thiocarbonyl (C=S) groups is 1. The van der Waals surface area contributed by atoms with Gasteiger partial charge in [-0.25, -0.2) is 0 Å². The number of aliphatic hydroxyl groups is 1. The summed E-state index contributed by atoms with van der Waals surface area (Å²) in [5.41, 5.74) is 8.37. The molecule has 0 aromatic carbocycles. The molecule has 0 saturated carbocycles. The molecule has 7 heteroatoms. The standard InChI is InChI=1S/C13H20N4O2S/c1-7-4-17(5-10(6-18)19-7)13-11(12(14)20)8(2)9(3)15-16-13/h7,10,18H,4-6H2,1-3H3,(H2,14,20). The zero-order chi connectivity index (χ0) is 14.9. The fourth-order valence-electron chi connectivity index (χ4n) is 2.43. The smallest absolute Gasteiger partial charge is 0.162 e. The molecule has 0 bridgehead atoms. The molecule has 0 radical (unpaired) electrons. The largest absolute Gasteiger partial charge is 0.394 e. The molecule has 0 aliphatic carbocycles. The number of anilines is 1. The highest BCUT2D eigenvalue weighted by Crippen LogP contribution is 2.25. The number of nitrogens with zero attached hydrogens (tertiary/aromatic N) is 3. The van der Waals surface area contributed by atoms with Crippen molar-refractivity contribution in [2.75, 3.05) is 24.6 Å². The number of ether oxygens (including phenoxy) is 1. The summed E-state index contributed by atoms with van der Waals surface area (Å²) in [6, 6.07) is 0. The molecule has 110 valence electrons. The Hall–Kier alpha value is -1.31. The maximum Gasteiger partial charge on any atom is 0.162 e. The Kier molecular flexibility index (Phi) is 4.52. The number of nitrogens with two attached hydrogens (primary N) is 1. The number of hydrogen-bond acceptors (Lipinski definition) is 6. The molecule has 1 fully saturated rings. The number of morpholine rings is 1. The van der Waals surface area contributed by atoms with Crippen LogP contribution in [0.3, 0.4) is 0 Å². The average Bonchev–Trinajstić information content (AvgIpc) is 2.40. The van der Waals surface area contributed by atoms with Crippen molar-refractivity contribution in [3.05, 3.63) is 16.8 Å². The predicted molar refractivity (Wildman–Crippen MR) is 81.0 cm³/mol. The lowest BCUT2D eigenvalue weighted by Gasteiger charge is -2.37. The first-order valence-corrected chi connectivity index (χ1v) is 6.99. The monoisotopic (exact) mass is 296 g/mol. The molecule has 0 spiro atoms. The lowest BCUT2D eigenvalue weighted by atomic mass is 10.1. The number of aromatic nitrogens is 2. The minimum Gasteiger partial charge on any atom is -0.394 e. The third-order valence-corrected chi connectivity index (χ3v) is 3.72. The summed E-state index contributed by atoms with van der Waals surface area (Å²) in [6.45, 7) is 6.98. The van der Waals surface area contributed by atoms with E-state index < -0.39 is 0 Å². The number of rotatable bonds is 3. The van der Waals surface area contributed by atoms with Crippen LogP contribution >= 0.6 is 12.2 Å². The highest BCUT2D eigenvalue weighted by molar-refractivity contribution is 7.80. The van der Waals surface area contributed by atoms with Crippen molar-refractivity contribution in [2.24, 2.45) is 5.73 Å². The Labute approximate surface area is 123 Å². The Morgan fingerprint density at radius 2 is 2.15 bits per heavy atom. The summed E-state index contributed by atoms with van der Waals surface area (Å²) in [6.07, 6.45) is -0.232. The van der Waals surface area contributed by atoms with Gasteiger partial charge in [0.15, 0.2) is 5.82 Å². The molecule has 2 rings (SSSR count). The molecule has 1 aliphatic heterocycles. The second kappa shape index (κ2) is 5.99. The lowest BCUT2D eigenvalue weighted by Crippen LogP contribution is -2.49. The third kappa shape index (κ3) is 2.89. The molecule has 2 unspecified atom stereocenters. The zero-order valence-electron chi connectivity index (χ0n) is 12.0. The molecule has 20 heavy (non-hydrogen) atoms. The van der Waals surface area contributed by atoms with Crippen molar-refractivity contribution in [1.82, 2.24) is 10.2 Å². The van der Waals surface area contributed by atoms with Crippen LogP contribution in [-0.4, -0.2) is 52.2 Å². The molecular weight excluding hydrogens is 276 g/mol. The van der Waals surface area contributed by atoms with E-state index in [2.05, 4.69) is 10.2 Å². The fourth-order valence-corrected chi connectivity index (χ4v) is 2.68. The van der Waals surface area contributed by atoms with E-state index in [4.69, 9.17) is 22.7 Å². The van der Waals surface area contributed by atoms with Crippen LogP contribution in [0.25, 0.3) is 0 Å². The highest BCUT2D eigenvalue weighted by atomic mass is 32.1. The van der Waals surface area contributed by atoms with Gasteiger partial charge >= 0.3 is 0 Å². The predicted octanol–water partition coefficient (Wildman–Crippen LogP) is 0.314. The minimum absolute atomic E-state index is 0.00325. The van der Waals surface area contributed by atoms with Crippen molar-refractivity contribution in [3.8, 4) is 0 Å². The van der Waals surface area contributed by atoms with Gasteiger partial charge in [-0.15, -0.1) is 5.10 Å². The minimum atomic E-state index is -0.235. The Balaban J connectivity index is 2.41. The highest BCUT2D eigenvalue weighted by Gasteiger charge is 2.28. The van der Waals surface area contributed by atoms with Gasteiger partial charge in [0.25, 0.3) is 0 Å². The molecule has 1 aromatic rings. The molecular formula is C13H20N4O2S. The van der Waals surface area contributed by atoms with Crippen molar-refractivity contribution in [1.29, 1.82) is 0 Å². The summed E-state index contributed by atoms with van der Waals surface area (Å²) >= 11 is 5.16. The molecule has 2 heterocycles. The van der Waals surface area contributed by atoms with Gasteiger partial charge in [-0.05, 0) is 26.3 Å². The zero-order valence-corrected chi connectivity index (χ0v) is 12.8. The van der Waals surface area contributed by atoms with Crippen LogP contribution in [0.5, 0.6) is 0 Å². The van der Waals surface area contributed by atoms with Crippen LogP contribution < -0.4 is 10.6 Å². The SMILES string of the molecule is Cc1nnc(N2CC(C)OC(CO)C2)c(C(N)=S)c1C. The third-order valence-electron chi connectivity index (χ3n) is 3.51. The van der Waals surface area contributed by atoms with Crippen molar-refractivity contribution < 1.29 is 9.84 Å². The maximum absolute atomic E-state index is 9.31. The van der Waals surface area contributed by atoms with Gasteiger partial charge in [0.2, 0.25) is 0 Å². The van der Waals surface area contributed by atoms with Gasteiger partial charge in [0.05, 0.1) is 30.1 Å². The summed E-state index contributed by atoms with van der Waals surface area (Å²) in [5.74, 6) is 0.675. The van der Waals surface area contributed by atoms with Crippen LogP contribution in [0.1, 0.15) is 23.7 Å². The van der Waals surface area contributed by atoms with E-state index in [1.54, 1.807) is 0 Å². The summed E-state index contributed by atoms with van der Waals surface area (Å²) < 4.78 is 5.64. The summed E-state index contributed by atoms with van der Waals surface area (Å²) in [7, 11) is 0. The molecule has 0 amide bonds. The van der Waals surface area contributed by atoms with E-state index in [1.807, 2.05) is 25.7 Å². The van der Waals surface area contributed by atoms with Gasteiger partial charge in [-0.3, -0.25) is 0 Å². The lowest BCUT2D eigenvalue weighted by molar-refractivity contribution is -0.0423. The van der Waals surface area contributed by atoms with Gasteiger partial charge < -0.3 is 20.5 Å². The molecule has 1 aromatic heterocycles. The van der Waals surface area contributed by atoms with E-state index in [0.29, 0.717) is 23.9 Å². The normalized spacial score (nSPS) is 22.9. The maximum atomic E-state index is 9.31. The van der Waals surface area contributed by atoms with Crippen LogP contribution in [0, 0.1) is 13.8 Å². The number of aliphatic hydroxyl groups excluding tert-OH is 1. The molecule has 2 atom stereocenters. The quantitative estimate of drug-likeness (QED) is 0.777. The first-order valence-electron chi connectivity index (χ1n) is 6.59. The van der Waals surface area contributed by atoms with Crippen molar-refractivity contribution in [3.63, 3.8) is 0 Å².